The second-order valence-corrected chi connectivity index (χ2v) is 8.50. The number of hydrogen-bond donors (Lipinski definition) is 0. The molecule has 8 heteroatoms. The highest BCUT2D eigenvalue weighted by atomic mass is 19.2. The van der Waals surface area contributed by atoms with E-state index in [0.717, 1.165) is 11.0 Å². The van der Waals surface area contributed by atoms with E-state index in [1.165, 1.54) is 12.1 Å². The van der Waals surface area contributed by atoms with Crippen LogP contribution in [0.1, 0.15) is 31.8 Å². The second kappa shape index (κ2) is 8.95. The first-order valence-corrected chi connectivity index (χ1v) is 11.1. The van der Waals surface area contributed by atoms with Gasteiger partial charge >= 0.3 is 0 Å². The fraction of sp³-hybridized carbons (Fsp3) is 0.231. The molecule has 3 aromatic carbocycles. The van der Waals surface area contributed by atoms with Gasteiger partial charge in [-0.3, -0.25) is 19.4 Å². The smallest absolute Gasteiger partial charge is 0.263 e. The van der Waals surface area contributed by atoms with Crippen LogP contribution in [0.4, 0.5) is 18.9 Å². The van der Waals surface area contributed by atoms with Crippen LogP contribution in [0, 0.1) is 17.5 Å². The lowest BCUT2D eigenvalue weighted by Crippen LogP contribution is -2.46. The molecule has 1 saturated heterocycles. The number of halogens is 3. The zero-order valence-electron chi connectivity index (χ0n) is 18.3. The van der Waals surface area contributed by atoms with Crippen molar-refractivity contribution in [3.05, 3.63) is 100 Å². The number of anilines is 1. The summed E-state index contributed by atoms with van der Waals surface area (Å²) in [4.78, 5) is 31.5. The number of carbonyl (C=O) groups excluding carboxylic acids is 2. The van der Waals surface area contributed by atoms with E-state index >= 15 is 0 Å². The molecule has 0 saturated carbocycles. The topological polar surface area (TPSA) is 43.9 Å². The molecule has 0 atom stereocenters. The highest BCUT2D eigenvalue weighted by Crippen LogP contribution is 2.33. The number of benzene rings is 3. The molecule has 0 bridgehead atoms. The van der Waals surface area contributed by atoms with Gasteiger partial charge in [-0.15, -0.1) is 0 Å². The lowest BCUT2D eigenvalue weighted by Gasteiger charge is -2.36. The van der Waals surface area contributed by atoms with Crippen molar-refractivity contribution in [3.8, 4) is 0 Å². The quantitative estimate of drug-likeness (QED) is 0.530. The summed E-state index contributed by atoms with van der Waals surface area (Å²) in [5.74, 6) is -3.05. The number of nitrogens with zero attached hydrogens (tertiary/aromatic N) is 3. The van der Waals surface area contributed by atoms with Gasteiger partial charge in [-0.05, 0) is 35.9 Å². The second-order valence-electron chi connectivity index (χ2n) is 8.50. The van der Waals surface area contributed by atoms with Crippen molar-refractivity contribution >= 4 is 17.5 Å². The Morgan fingerprint density at radius 1 is 0.706 bits per heavy atom. The SMILES string of the molecule is O=C1c2cccc(N3CCN(Cc4ccc(F)c(F)c4)CC3)c2C(=O)N1Cc1ccccc1F. The minimum atomic E-state index is -0.866. The molecule has 0 radical (unpaired) electrons. The molecule has 0 unspecified atom stereocenters. The lowest BCUT2D eigenvalue weighted by atomic mass is 10.1. The summed E-state index contributed by atoms with van der Waals surface area (Å²) in [6, 6.07) is 15.2. The Balaban J connectivity index is 1.31. The van der Waals surface area contributed by atoms with E-state index < -0.39 is 29.3 Å². The number of amides is 2. The van der Waals surface area contributed by atoms with Gasteiger partial charge in [0.05, 0.1) is 23.4 Å². The number of fused-ring (bicyclic) bond motifs is 1. The molecule has 34 heavy (non-hydrogen) atoms. The Morgan fingerprint density at radius 2 is 1.47 bits per heavy atom. The molecule has 174 valence electrons. The van der Waals surface area contributed by atoms with Crippen LogP contribution in [0.25, 0.3) is 0 Å². The minimum absolute atomic E-state index is 0.125. The van der Waals surface area contributed by atoms with Gasteiger partial charge in [-0.1, -0.05) is 30.3 Å². The molecule has 2 heterocycles. The highest BCUT2D eigenvalue weighted by molar-refractivity contribution is 6.23. The van der Waals surface area contributed by atoms with Crippen molar-refractivity contribution in [1.29, 1.82) is 0 Å². The van der Waals surface area contributed by atoms with Crippen molar-refractivity contribution in [2.45, 2.75) is 13.1 Å². The zero-order chi connectivity index (χ0) is 23.8. The average molecular weight is 465 g/mol. The van der Waals surface area contributed by atoms with Crippen LogP contribution in [0.15, 0.2) is 60.7 Å². The first kappa shape index (κ1) is 22.2. The van der Waals surface area contributed by atoms with E-state index in [2.05, 4.69) is 9.80 Å². The summed E-state index contributed by atoms with van der Waals surface area (Å²) in [6.45, 7) is 2.89. The highest BCUT2D eigenvalue weighted by Gasteiger charge is 2.39. The van der Waals surface area contributed by atoms with E-state index in [1.54, 1.807) is 36.4 Å². The molecular formula is C26H22F3N3O2. The molecule has 5 nitrogen and oxygen atoms in total. The van der Waals surface area contributed by atoms with Gasteiger partial charge in [0.15, 0.2) is 11.6 Å². The first-order chi connectivity index (χ1) is 16.4. The minimum Gasteiger partial charge on any atom is -0.368 e. The van der Waals surface area contributed by atoms with E-state index in [9.17, 15) is 22.8 Å². The third-order valence-corrected chi connectivity index (χ3v) is 6.37. The summed E-state index contributed by atoms with van der Waals surface area (Å²) in [7, 11) is 0. The predicted molar refractivity (Wildman–Crippen MR) is 121 cm³/mol. The van der Waals surface area contributed by atoms with Crippen LogP contribution in [0.5, 0.6) is 0 Å². The normalized spacial score (nSPS) is 16.3. The van der Waals surface area contributed by atoms with Crippen molar-refractivity contribution in [1.82, 2.24) is 9.80 Å². The predicted octanol–water partition coefficient (Wildman–Crippen LogP) is 4.22. The van der Waals surface area contributed by atoms with Crippen LogP contribution in [-0.4, -0.2) is 47.8 Å². The zero-order valence-corrected chi connectivity index (χ0v) is 18.3. The molecule has 2 aliphatic heterocycles. The van der Waals surface area contributed by atoms with Gasteiger partial charge in [0.2, 0.25) is 0 Å². The third kappa shape index (κ3) is 4.05. The number of imide groups is 1. The lowest BCUT2D eigenvalue weighted by molar-refractivity contribution is 0.0641. The number of carbonyl (C=O) groups is 2. The Morgan fingerprint density at radius 3 is 2.21 bits per heavy atom. The van der Waals surface area contributed by atoms with Gasteiger partial charge in [-0.2, -0.15) is 0 Å². The van der Waals surface area contributed by atoms with Crippen LogP contribution in [-0.2, 0) is 13.1 Å². The maximum absolute atomic E-state index is 14.1. The Bertz CT molecular complexity index is 1270. The molecule has 2 aliphatic rings. The Labute approximate surface area is 195 Å². The van der Waals surface area contributed by atoms with Crippen molar-refractivity contribution in [2.75, 3.05) is 31.1 Å². The summed E-state index contributed by atoms with van der Waals surface area (Å²) in [6.07, 6.45) is 0. The van der Waals surface area contributed by atoms with Crippen molar-refractivity contribution in [2.24, 2.45) is 0 Å². The van der Waals surface area contributed by atoms with Gasteiger partial charge in [0.1, 0.15) is 5.82 Å². The molecule has 2 amide bonds. The molecule has 0 aliphatic carbocycles. The van der Waals surface area contributed by atoms with E-state index in [0.29, 0.717) is 55.1 Å². The summed E-state index contributed by atoms with van der Waals surface area (Å²) in [5.41, 5.74) is 2.32. The Hall–Kier alpha value is -3.65. The Kier molecular flexibility index (Phi) is 5.83. The molecule has 0 spiro atoms. The van der Waals surface area contributed by atoms with Gasteiger partial charge in [0, 0.05) is 38.3 Å². The monoisotopic (exact) mass is 465 g/mol. The van der Waals surface area contributed by atoms with E-state index in [-0.39, 0.29) is 12.1 Å². The van der Waals surface area contributed by atoms with Gasteiger partial charge in [-0.25, -0.2) is 13.2 Å². The average Bonchev–Trinajstić information content (AvgIpc) is 3.08. The third-order valence-electron chi connectivity index (χ3n) is 6.37. The van der Waals surface area contributed by atoms with Crippen LogP contribution in [0.3, 0.4) is 0 Å². The van der Waals surface area contributed by atoms with Crippen LogP contribution < -0.4 is 4.90 Å². The standard InChI is InChI=1S/C26H22F3N3O2/c27-20-6-2-1-4-18(20)16-32-25(33)19-5-3-7-23(24(19)26(32)34)31-12-10-30(11-13-31)15-17-8-9-21(28)22(29)14-17/h1-9,14H,10-13,15-16H2. The molecule has 0 N–H and O–H groups in total. The number of piperazine rings is 1. The molecule has 5 rings (SSSR count). The molecule has 1 fully saturated rings. The van der Waals surface area contributed by atoms with Crippen molar-refractivity contribution < 1.29 is 22.8 Å². The molecular weight excluding hydrogens is 443 g/mol. The maximum Gasteiger partial charge on any atom is 0.263 e. The number of rotatable bonds is 5. The van der Waals surface area contributed by atoms with Gasteiger partial charge in [0.25, 0.3) is 11.8 Å². The summed E-state index contributed by atoms with van der Waals surface area (Å²) < 4.78 is 40.8. The fourth-order valence-electron chi connectivity index (χ4n) is 4.56. The van der Waals surface area contributed by atoms with Crippen molar-refractivity contribution in [3.63, 3.8) is 0 Å². The molecule has 3 aromatic rings. The van der Waals surface area contributed by atoms with Gasteiger partial charge < -0.3 is 4.90 Å². The fourth-order valence-corrected chi connectivity index (χ4v) is 4.56. The maximum atomic E-state index is 14.1. The first-order valence-electron chi connectivity index (χ1n) is 11.1. The largest absolute Gasteiger partial charge is 0.368 e. The van der Waals surface area contributed by atoms with E-state index in [4.69, 9.17) is 0 Å². The van der Waals surface area contributed by atoms with Crippen LogP contribution in [0.2, 0.25) is 0 Å². The molecule has 0 aromatic heterocycles. The van der Waals surface area contributed by atoms with E-state index in [1.807, 2.05) is 6.07 Å². The summed E-state index contributed by atoms with van der Waals surface area (Å²) in [5, 5.41) is 0. The summed E-state index contributed by atoms with van der Waals surface area (Å²) >= 11 is 0. The number of hydrogen-bond acceptors (Lipinski definition) is 4. The van der Waals surface area contributed by atoms with Crippen LogP contribution >= 0.6 is 0 Å².